The first-order chi connectivity index (χ1) is 11.9. The van der Waals surface area contributed by atoms with Crippen molar-refractivity contribution in [3.63, 3.8) is 0 Å². The van der Waals surface area contributed by atoms with Gasteiger partial charge < -0.3 is 16.4 Å². The molecule has 2 aromatic rings. The van der Waals surface area contributed by atoms with Crippen molar-refractivity contribution in [2.45, 2.75) is 12.3 Å². The van der Waals surface area contributed by atoms with Crippen LogP contribution in [0.2, 0.25) is 5.02 Å². The van der Waals surface area contributed by atoms with Crippen LogP contribution in [0.5, 0.6) is 0 Å². The number of H-pyrrole nitrogens is 1. The average molecular weight is 373 g/mol. The molecule has 2 heterocycles. The van der Waals surface area contributed by atoms with E-state index in [0.717, 1.165) is 6.07 Å². The molecule has 0 spiro atoms. The molecule has 1 aromatic heterocycles. The van der Waals surface area contributed by atoms with Gasteiger partial charge >= 0.3 is 5.92 Å². The van der Waals surface area contributed by atoms with Crippen LogP contribution in [0, 0.1) is 0 Å². The molecule has 0 radical (unpaired) electrons. The Hall–Kier alpha value is -2.26. The summed E-state index contributed by atoms with van der Waals surface area (Å²) in [7, 11) is 0. The molecule has 6 nitrogen and oxygen atoms in total. The van der Waals surface area contributed by atoms with E-state index in [0.29, 0.717) is 25.1 Å². The molecule has 25 heavy (non-hydrogen) atoms. The second-order valence-electron chi connectivity index (χ2n) is 5.57. The molecule has 0 aliphatic carbocycles. The average Bonchev–Trinajstić information content (AvgIpc) is 3.00. The van der Waals surface area contributed by atoms with Crippen LogP contribution in [0.15, 0.2) is 18.2 Å². The van der Waals surface area contributed by atoms with Crippen molar-refractivity contribution in [1.82, 2.24) is 20.5 Å². The molecular weight excluding hydrogens is 357 g/mol. The predicted octanol–water partition coefficient (Wildman–Crippen LogP) is 3.22. The van der Waals surface area contributed by atoms with Gasteiger partial charge in [0, 0.05) is 23.4 Å². The lowest BCUT2D eigenvalue weighted by Crippen LogP contribution is -2.23. The fraction of sp³-hybridized carbons (Fsp3) is 0.333. The van der Waals surface area contributed by atoms with Gasteiger partial charge in [-0.2, -0.15) is 13.8 Å². The Morgan fingerprint density at radius 2 is 2.16 bits per heavy atom. The maximum Gasteiger partial charge on any atom is 0.301 e. The van der Waals surface area contributed by atoms with Crippen LogP contribution in [-0.4, -0.2) is 34.9 Å². The normalized spacial score (nSPS) is 15.1. The fourth-order valence-electron chi connectivity index (χ4n) is 2.67. The smallest absolute Gasteiger partial charge is 0.301 e. The zero-order valence-electron chi connectivity index (χ0n) is 13.0. The number of nitrogens with two attached hydrogens (primary N) is 1. The lowest BCUT2D eigenvalue weighted by molar-refractivity contribution is -0.0282. The first-order valence-electron chi connectivity index (χ1n) is 7.53. The number of benzene rings is 1. The molecule has 134 valence electrons. The number of nitrogens with one attached hydrogen (secondary N) is 3. The third kappa shape index (κ3) is 3.72. The Balaban J connectivity index is 2.07. The molecule has 5 N–H and O–H groups in total. The SMILES string of the molecule is Nc1nc(Nc2cc(Cl)c(C3=CCNCC3)c(C(F)(F)CF)c2)n[nH]1. The number of anilines is 3. The van der Waals surface area contributed by atoms with E-state index >= 15 is 0 Å². The van der Waals surface area contributed by atoms with Crippen LogP contribution in [0.3, 0.4) is 0 Å². The van der Waals surface area contributed by atoms with Crippen LogP contribution < -0.4 is 16.4 Å². The number of nitrogen functional groups attached to an aromatic ring is 1. The lowest BCUT2D eigenvalue weighted by Gasteiger charge is -2.23. The highest BCUT2D eigenvalue weighted by Gasteiger charge is 2.36. The monoisotopic (exact) mass is 372 g/mol. The Morgan fingerprint density at radius 1 is 1.36 bits per heavy atom. The molecule has 1 aliphatic heterocycles. The van der Waals surface area contributed by atoms with Gasteiger partial charge in [-0.15, -0.1) is 5.10 Å². The van der Waals surface area contributed by atoms with E-state index in [4.69, 9.17) is 17.3 Å². The Labute approximate surface area is 146 Å². The third-order valence-electron chi connectivity index (χ3n) is 3.80. The second-order valence-corrected chi connectivity index (χ2v) is 5.98. The van der Waals surface area contributed by atoms with Gasteiger partial charge in [0.15, 0.2) is 6.67 Å². The predicted molar refractivity (Wildman–Crippen MR) is 90.9 cm³/mol. The molecule has 1 aliphatic rings. The van der Waals surface area contributed by atoms with Gasteiger partial charge in [0.25, 0.3) is 0 Å². The van der Waals surface area contributed by atoms with E-state index in [2.05, 4.69) is 25.8 Å². The van der Waals surface area contributed by atoms with Crippen LogP contribution in [-0.2, 0) is 5.92 Å². The number of hydrogen-bond acceptors (Lipinski definition) is 5. The van der Waals surface area contributed by atoms with Crippen molar-refractivity contribution >= 4 is 34.8 Å². The molecule has 0 saturated carbocycles. The minimum Gasteiger partial charge on any atom is -0.368 e. The van der Waals surface area contributed by atoms with Gasteiger partial charge in [-0.05, 0) is 30.7 Å². The largest absolute Gasteiger partial charge is 0.368 e. The van der Waals surface area contributed by atoms with Crippen molar-refractivity contribution in [2.75, 3.05) is 30.8 Å². The molecule has 10 heteroatoms. The lowest BCUT2D eigenvalue weighted by atomic mass is 9.92. The number of alkyl halides is 3. The molecule has 0 amide bonds. The third-order valence-corrected chi connectivity index (χ3v) is 4.09. The second kappa shape index (κ2) is 6.93. The summed E-state index contributed by atoms with van der Waals surface area (Å²) in [5.41, 5.74) is 6.01. The molecule has 3 rings (SSSR count). The first kappa shape index (κ1) is 17.6. The van der Waals surface area contributed by atoms with E-state index in [9.17, 15) is 13.2 Å². The molecular formula is C15H16ClF3N6. The van der Waals surface area contributed by atoms with E-state index < -0.39 is 18.2 Å². The summed E-state index contributed by atoms with van der Waals surface area (Å²) in [4.78, 5) is 3.84. The number of rotatable bonds is 5. The summed E-state index contributed by atoms with van der Waals surface area (Å²) >= 11 is 6.27. The zero-order chi connectivity index (χ0) is 18.0. The molecule has 1 aromatic carbocycles. The van der Waals surface area contributed by atoms with Crippen LogP contribution in [0.1, 0.15) is 17.5 Å². The van der Waals surface area contributed by atoms with Crippen LogP contribution in [0.25, 0.3) is 5.57 Å². The molecule has 0 saturated heterocycles. The van der Waals surface area contributed by atoms with Gasteiger partial charge in [-0.3, -0.25) is 0 Å². The quantitative estimate of drug-likeness (QED) is 0.647. The van der Waals surface area contributed by atoms with Gasteiger partial charge in [-0.1, -0.05) is 17.7 Å². The van der Waals surface area contributed by atoms with E-state index in [1.54, 1.807) is 6.08 Å². The van der Waals surface area contributed by atoms with Gasteiger partial charge in [-0.25, -0.2) is 9.49 Å². The topological polar surface area (TPSA) is 91.7 Å². The Morgan fingerprint density at radius 3 is 2.76 bits per heavy atom. The summed E-state index contributed by atoms with van der Waals surface area (Å²) in [6.45, 7) is -0.638. The standard InChI is InChI=1S/C15H16ClF3N6/c16-11-6-9(22-14-23-13(20)24-25-14)5-10(15(18,19)7-17)12(11)8-1-3-21-4-2-8/h1,5-6,21H,2-4,7H2,(H4,20,22,23,24,25). The van der Waals surface area contributed by atoms with E-state index in [1.165, 1.54) is 6.07 Å². The Bertz CT molecular complexity index is 805. The van der Waals surface area contributed by atoms with Gasteiger partial charge in [0.1, 0.15) is 0 Å². The van der Waals surface area contributed by atoms with Crippen molar-refractivity contribution < 1.29 is 13.2 Å². The highest BCUT2D eigenvalue weighted by molar-refractivity contribution is 6.32. The number of halogens is 4. The maximum atomic E-state index is 14.2. The number of aromatic amines is 1. The summed E-state index contributed by atoms with van der Waals surface area (Å²) in [6.07, 6.45) is 2.31. The zero-order valence-corrected chi connectivity index (χ0v) is 13.8. The number of nitrogens with zero attached hydrogens (tertiary/aromatic N) is 2. The maximum absolute atomic E-state index is 14.2. The van der Waals surface area contributed by atoms with Crippen LogP contribution >= 0.6 is 11.6 Å². The summed E-state index contributed by atoms with van der Waals surface area (Å²) in [5, 5.41) is 12.1. The minimum atomic E-state index is -3.67. The Kier molecular flexibility index (Phi) is 4.87. The number of aromatic nitrogens is 3. The first-order valence-corrected chi connectivity index (χ1v) is 7.91. The number of hydrogen-bond donors (Lipinski definition) is 4. The molecule has 0 fully saturated rings. The molecule has 0 bridgehead atoms. The minimum absolute atomic E-state index is 0.0689. The van der Waals surface area contributed by atoms with E-state index in [-0.39, 0.29) is 28.2 Å². The van der Waals surface area contributed by atoms with Gasteiger partial charge in [0.2, 0.25) is 11.9 Å². The fourth-order valence-corrected chi connectivity index (χ4v) is 3.02. The van der Waals surface area contributed by atoms with E-state index in [1.807, 2.05) is 0 Å². The highest BCUT2D eigenvalue weighted by Crippen LogP contribution is 2.41. The van der Waals surface area contributed by atoms with Crippen molar-refractivity contribution in [1.29, 1.82) is 0 Å². The van der Waals surface area contributed by atoms with Crippen molar-refractivity contribution in [2.24, 2.45) is 0 Å². The summed E-state index contributed by atoms with van der Waals surface area (Å²) < 4.78 is 41.5. The molecule has 0 atom stereocenters. The van der Waals surface area contributed by atoms with Crippen molar-refractivity contribution in [3.05, 3.63) is 34.4 Å². The summed E-state index contributed by atoms with van der Waals surface area (Å²) in [6, 6.07) is 2.64. The van der Waals surface area contributed by atoms with Crippen molar-refractivity contribution in [3.8, 4) is 0 Å². The molecule has 0 unspecified atom stereocenters. The van der Waals surface area contributed by atoms with Gasteiger partial charge in [0.05, 0.1) is 5.02 Å². The van der Waals surface area contributed by atoms with Crippen LogP contribution in [0.4, 0.5) is 30.8 Å². The highest BCUT2D eigenvalue weighted by atomic mass is 35.5. The summed E-state index contributed by atoms with van der Waals surface area (Å²) in [5.74, 6) is -3.50.